The molecule has 0 saturated carbocycles. The van der Waals surface area contributed by atoms with Crippen LogP contribution in [0.3, 0.4) is 0 Å². The van der Waals surface area contributed by atoms with Crippen LogP contribution < -0.4 is 5.32 Å². The maximum Gasteiger partial charge on any atom is 0.129 e. The molecule has 96 valence electrons. The highest BCUT2D eigenvalue weighted by molar-refractivity contribution is 5.56. The van der Waals surface area contributed by atoms with Gasteiger partial charge in [0.2, 0.25) is 0 Å². The van der Waals surface area contributed by atoms with E-state index >= 15 is 0 Å². The Hall–Kier alpha value is -1.60. The Bertz CT molecular complexity index is 481. The molecule has 1 aliphatic heterocycles. The van der Waals surface area contributed by atoms with Crippen LogP contribution in [0.1, 0.15) is 30.9 Å². The predicted molar refractivity (Wildman–Crippen MR) is 67.9 cm³/mol. The summed E-state index contributed by atoms with van der Waals surface area (Å²) in [5.41, 5.74) is 1.62. The molecule has 0 aromatic heterocycles. The van der Waals surface area contributed by atoms with Gasteiger partial charge in [0.05, 0.1) is 17.7 Å². The molecule has 0 radical (unpaired) electrons. The zero-order valence-corrected chi connectivity index (χ0v) is 10.7. The van der Waals surface area contributed by atoms with Gasteiger partial charge in [-0.05, 0) is 38.8 Å². The first-order valence-electron chi connectivity index (χ1n) is 6.18. The molecule has 1 aromatic rings. The molecule has 0 spiro atoms. The molecule has 2 atom stereocenters. The largest absolute Gasteiger partial charge is 0.382 e. The fourth-order valence-corrected chi connectivity index (χ4v) is 2.24. The number of hydrogen-bond acceptors (Lipinski definition) is 3. The molecule has 1 fully saturated rings. The minimum absolute atomic E-state index is 0.223. The normalized spacial score (nSPS) is 23.4. The molecule has 18 heavy (non-hydrogen) atoms. The molecule has 1 aliphatic rings. The van der Waals surface area contributed by atoms with Crippen LogP contribution in [0.2, 0.25) is 0 Å². The Morgan fingerprint density at radius 2 is 2.28 bits per heavy atom. The van der Waals surface area contributed by atoms with Crippen LogP contribution in [-0.4, -0.2) is 18.8 Å². The zero-order chi connectivity index (χ0) is 13.1. The van der Waals surface area contributed by atoms with E-state index in [1.807, 2.05) is 13.0 Å². The summed E-state index contributed by atoms with van der Waals surface area (Å²) in [5, 5.41) is 12.2. The summed E-state index contributed by atoms with van der Waals surface area (Å²) in [5.74, 6) is -0.336. The lowest BCUT2D eigenvalue weighted by Crippen LogP contribution is -2.32. The van der Waals surface area contributed by atoms with Crippen molar-refractivity contribution >= 4 is 5.69 Å². The summed E-state index contributed by atoms with van der Waals surface area (Å²) in [6, 6.07) is 5.23. The van der Waals surface area contributed by atoms with Crippen LogP contribution in [0, 0.1) is 24.1 Å². The maximum absolute atomic E-state index is 13.6. The van der Waals surface area contributed by atoms with Crippen molar-refractivity contribution in [3.05, 3.63) is 29.1 Å². The van der Waals surface area contributed by atoms with Gasteiger partial charge in [-0.15, -0.1) is 0 Å². The standard InChI is InChI=1S/C14H17FN2O/c1-9-5-12(3-4-18-9)17-14-7-11(8-16)6-13(15)10(14)2/h6-7,9,12,17H,3-5H2,1-2H3. The number of halogens is 1. The molecule has 1 aromatic carbocycles. The third kappa shape index (κ3) is 2.80. The Morgan fingerprint density at radius 1 is 1.50 bits per heavy atom. The first-order chi connectivity index (χ1) is 8.60. The summed E-state index contributed by atoms with van der Waals surface area (Å²) in [4.78, 5) is 0. The van der Waals surface area contributed by atoms with Gasteiger partial charge in [0, 0.05) is 23.9 Å². The van der Waals surface area contributed by atoms with Gasteiger partial charge in [0.1, 0.15) is 5.82 Å². The number of anilines is 1. The van der Waals surface area contributed by atoms with E-state index in [2.05, 4.69) is 5.32 Å². The van der Waals surface area contributed by atoms with Crippen LogP contribution in [-0.2, 0) is 4.74 Å². The van der Waals surface area contributed by atoms with Gasteiger partial charge in [0.15, 0.2) is 0 Å². The molecule has 2 rings (SSSR count). The molecule has 1 saturated heterocycles. The quantitative estimate of drug-likeness (QED) is 0.875. The number of ether oxygens (including phenoxy) is 1. The van der Waals surface area contributed by atoms with E-state index in [4.69, 9.17) is 10.00 Å². The van der Waals surface area contributed by atoms with Crippen molar-refractivity contribution in [3.63, 3.8) is 0 Å². The summed E-state index contributed by atoms with van der Waals surface area (Å²) in [6.07, 6.45) is 2.03. The van der Waals surface area contributed by atoms with E-state index in [0.717, 1.165) is 19.4 Å². The highest BCUT2D eigenvalue weighted by Gasteiger charge is 2.20. The van der Waals surface area contributed by atoms with E-state index < -0.39 is 0 Å². The number of nitrogens with one attached hydrogen (secondary N) is 1. The number of rotatable bonds is 2. The fourth-order valence-electron chi connectivity index (χ4n) is 2.24. The SMILES string of the molecule is Cc1c(F)cc(C#N)cc1NC1CCOC(C)C1. The molecular weight excluding hydrogens is 231 g/mol. The van der Waals surface area contributed by atoms with Gasteiger partial charge in [-0.25, -0.2) is 4.39 Å². The summed E-state index contributed by atoms with van der Waals surface area (Å²) in [6.45, 7) is 4.48. The van der Waals surface area contributed by atoms with Crippen LogP contribution in [0.5, 0.6) is 0 Å². The second-order valence-electron chi connectivity index (χ2n) is 4.79. The van der Waals surface area contributed by atoms with Crippen molar-refractivity contribution in [1.29, 1.82) is 5.26 Å². The second-order valence-corrected chi connectivity index (χ2v) is 4.79. The first kappa shape index (κ1) is 12.8. The summed E-state index contributed by atoms with van der Waals surface area (Å²) >= 11 is 0. The Balaban J connectivity index is 2.18. The third-order valence-corrected chi connectivity index (χ3v) is 3.32. The summed E-state index contributed by atoms with van der Waals surface area (Å²) < 4.78 is 19.1. The van der Waals surface area contributed by atoms with Gasteiger partial charge < -0.3 is 10.1 Å². The zero-order valence-electron chi connectivity index (χ0n) is 10.7. The van der Waals surface area contributed by atoms with Crippen molar-refractivity contribution in [1.82, 2.24) is 0 Å². The third-order valence-electron chi connectivity index (χ3n) is 3.32. The molecule has 2 unspecified atom stereocenters. The van der Waals surface area contributed by atoms with Crippen molar-refractivity contribution in [3.8, 4) is 6.07 Å². The number of hydrogen-bond donors (Lipinski definition) is 1. The van der Waals surface area contributed by atoms with Gasteiger partial charge in [-0.1, -0.05) is 0 Å². The highest BCUT2D eigenvalue weighted by atomic mass is 19.1. The molecule has 4 heteroatoms. The van der Waals surface area contributed by atoms with Gasteiger partial charge >= 0.3 is 0 Å². The molecule has 0 amide bonds. The van der Waals surface area contributed by atoms with E-state index in [1.54, 1.807) is 13.0 Å². The lowest BCUT2D eigenvalue weighted by Gasteiger charge is -2.29. The lowest BCUT2D eigenvalue weighted by molar-refractivity contribution is 0.0232. The van der Waals surface area contributed by atoms with Crippen molar-refractivity contribution < 1.29 is 9.13 Å². The van der Waals surface area contributed by atoms with Gasteiger partial charge in [-0.3, -0.25) is 0 Å². The smallest absolute Gasteiger partial charge is 0.129 e. The number of benzene rings is 1. The van der Waals surface area contributed by atoms with E-state index in [1.165, 1.54) is 6.07 Å². The molecule has 3 nitrogen and oxygen atoms in total. The van der Waals surface area contributed by atoms with Crippen molar-refractivity contribution in [2.24, 2.45) is 0 Å². The number of nitriles is 1. The minimum atomic E-state index is -0.336. The highest BCUT2D eigenvalue weighted by Crippen LogP contribution is 2.24. The van der Waals surface area contributed by atoms with Crippen molar-refractivity contribution in [2.45, 2.75) is 38.8 Å². The fraction of sp³-hybridized carbons (Fsp3) is 0.500. The monoisotopic (exact) mass is 248 g/mol. The second kappa shape index (κ2) is 5.36. The molecule has 0 bridgehead atoms. The average molecular weight is 248 g/mol. The Kier molecular flexibility index (Phi) is 3.83. The maximum atomic E-state index is 13.6. The van der Waals surface area contributed by atoms with E-state index in [0.29, 0.717) is 16.8 Å². The molecule has 1 heterocycles. The predicted octanol–water partition coefficient (Wildman–Crippen LogP) is 2.99. The molecular formula is C14H17FN2O. The Morgan fingerprint density at radius 3 is 2.94 bits per heavy atom. The van der Waals surface area contributed by atoms with Crippen LogP contribution in [0.25, 0.3) is 0 Å². The van der Waals surface area contributed by atoms with Crippen LogP contribution >= 0.6 is 0 Å². The topological polar surface area (TPSA) is 45.0 Å². The van der Waals surface area contributed by atoms with Crippen LogP contribution in [0.4, 0.5) is 10.1 Å². The molecule has 0 aliphatic carbocycles. The summed E-state index contributed by atoms with van der Waals surface area (Å²) in [7, 11) is 0. The minimum Gasteiger partial charge on any atom is -0.382 e. The van der Waals surface area contributed by atoms with E-state index in [9.17, 15) is 4.39 Å². The molecule has 1 N–H and O–H groups in total. The van der Waals surface area contributed by atoms with E-state index in [-0.39, 0.29) is 18.0 Å². The average Bonchev–Trinajstić information content (AvgIpc) is 2.34. The van der Waals surface area contributed by atoms with Gasteiger partial charge in [-0.2, -0.15) is 5.26 Å². The van der Waals surface area contributed by atoms with Crippen molar-refractivity contribution in [2.75, 3.05) is 11.9 Å². The first-order valence-corrected chi connectivity index (χ1v) is 6.18. The lowest BCUT2D eigenvalue weighted by atomic mass is 10.0. The number of nitrogens with zero attached hydrogens (tertiary/aromatic N) is 1. The van der Waals surface area contributed by atoms with Crippen LogP contribution in [0.15, 0.2) is 12.1 Å². The van der Waals surface area contributed by atoms with Gasteiger partial charge in [0.25, 0.3) is 0 Å². The Labute approximate surface area is 107 Å².